The van der Waals surface area contributed by atoms with E-state index in [-0.39, 0.29) is 16.1 Å². The molecule has 0 unspecified atom stereocenters. The van der Waals surface area contributed by atoms with E-state index in [1.54, 1.807) is 19.1 Å². The van der Waals surface area contributed by atoms with Gasteiger partial charge in [-0.05, 0) is 25.1 Å². The molecule has 0 saturated heterocycles. The number of rotatable bonds is 4. The van der Waals surface area contributed by atoms with Crippen molar-refractivity contribution in [2.75, 3.05) is 5.73 Å². The molecule has 0 bridgehead atoms. The zero-order chi connectivity index (χ0) is 16.5. The summed E-state index contributed by atoms with van der Waals surface area (Å²) in [6, 6.07) is 7.73. The predicted octanol–water partition coefficient (Wildman–Crippen LogP) is 1.75. The van der Waals surface area contributed by atoms with Crippen LogP contribution in [-0.4, -0.2) is 24.6 Å². The lowest BCUT2D eigenvalue weighted by Gasteiger charge is -2.11. The summed E-state index contributed by atoms with van der Waals surface area (Å²) in [5.41, 5.74) is 5.71. The smallest absolute Gasteiger partial charge is 0.339 e. The standard InChI is InChI=1S/C14H13NO6S/c1-8-2-4-10(5-3-8)22(19,20)21-12-7-9(14(17)18)6-11(15)13(12)16/h2-7,16H,15H2,1H3,(H,17,18). The molecule has 0 aromatic heterocycles. The van der Waals surface area contributed by atoms with Gasteiger partial charge in [-0.15, -0.1) is 0 Å². The molecule has 22 heavy (non-hydrogen) atoms. The molecule has 8 heteroatoms. The normalized spacial score (nSPS) is 11.1. The second-order valence-corrected chi connectivity index (χ2v) is 6.11. The fourth-order valence-electron chi connectivity index (χ4n) is 1.69. The van der Waals surface area contributed by atoms with Gasteiger partial charge < -0.3 is 20.1 Å². The molecule has 2 aromatic carbocycles. The molecular weight excluding hydrogens is 310 g/mol. The van der Waals surface area contributed by atoms with Crippen LogP contribution in [0.15, 0.2) is 41.3 Å². The largest absolute Gasteiger partial charge is 0.503 e. The lowest BCUT2D eigenvalue weighted by Crippen LogP contribution is -2.11. The van der Waals surface area contributed by atoms with Gasteiger partial charge >= 0.3 is 16.1 Å². The van der Waals surface area contributed by atoms with E-state index >= 15 is 0 Å². The lowest BCUT2D eigenvalue weighted by atomic mass is 10.2. The first kappa shape index (κ1) is 15.6. The van der Waals surface area contributed by atoms with Gasteiger partial charge in [0, 0.05) is 6.07 Å². The molecule has 7 nitrogen and oxygen atoms in total. The molecule has 116 valence electrons. The Morgan fingerprint density at radius 1 is 1.18 bits per heavy atom. The van der Waals surface area contributed by atoms with Gasteiger partial charge in [-0.25, -0.2) is 4.79 Å². The summed E-state index contributed by atoms with van der Waals surface area (Å²) in [5, 5.41) is 18.7. The van der Waals surface area contributed by atoms with Gasteiger partial charge in [-0.3, -0.25) is 0 Å². The number of carbonyl (C=O) groups is 1. The Morgan fingerprint density at radius 2 is 1.77 bits per heavy atom. The van der Waals surface area contributed by atoms with E-state index in [9.17, 15) is 18.3 Å². The minimum Gasteiger partial charge on any atom is -0.503 e. The highest BCUT2D eigenvalue weighted by molar-refractivity contribution is 7.87. The minimum atomic E-state index is -4.22. The number of carboxylic acids is 1. The van der Waals surface area contributed by atoms with Crippen LogP contribution in [0.5, 0.6) is 11.5 Å². The topological polar surface area (TPSA) is 127 Å². The van der Waals surface area contributed by atoms with E-state index in [1.165, 1.54) is 12.1 Å². The molecular formula is C14H13NO6S. The third-order valence-electron chi connectivity index (χ3n) is 2.86. The third-order valence-corrected chi connectivity index (χ3v) is 4.11. The van der Waals surface area contributed by atoms with Crippen LogP contribution in [0, 0.1) is 6.92 Å². The maximum absolute atomic E-state index is 12.1. The molecule has 0 atom stereocenters. The van der Waals surface area contributed by atoms with Crippen LogP contribution in [0.4, 0.5) is 5.69 Å². The number of aromatic hydroxyl groups is 1. The number of anilines is 1. The molecule has 0 fully saturated rings. The van der Waals surface area contributed by atoms with Crippen LogP contribution in [0.1, 0.15) is 15.9 Å². The summed E-state index contributed by atoms with van der Waals surface area (Å²) >= 11 is 0. The second kappa shape index (κ2) is 5.57. The fourth-order valence-corrected chi connectivity index (χ4v) is 2.62. The predicted molar refractivity (Wildman–Crippen MR) is 78.5 cm³/mol. The van der Waals surface area contributed by atoms with Gasteiger partial charge in [0.25, 0.3) is 0 Å². The minimum absolute atomic E-state index is 0.128. The van der Waals surface area contributed by atoms with Gasteiger partial charge in [0.15, 0.2) is 11.5 Å². The highest BCUT2D eigenvalue weighted by Crippen LogP contribution is 2.35. The number of phenols is 1. The monoisotopic (exact) mass is 323 g/mol. The molecule has 4 N–H and O–H groups in total. The number of carboxylic acid groups (broad SMARTS) is 1. The van der Waals surface area contributed by atoms with Gasteiger partial charge in [0.2, 0.25) is 0 Å². The van der Waals surface area contributed by atoms with Crippen molar-refractivity contribution in [2.45, 2.75) is 11.8 Å². The van der Waals surface area contributed by atoms with Crippen molar-refractivity contribution in [1.82, 2.24) is 0 Å². The number of hydrogen-bond donors (Lipinski definition) is 3. The average molecular weight is 323 g/mol. The van der Waals surface area contributed by atoms with Crippen molar-refractivity contribution < 1.29 is 27.6 Å². The summed E-state index contributed by atoms with van der Waals surface area (Å²) in [5.74, 6) is -2.51. The highest BCUT2D eigenvalue weighted by atomic mass is 32.2. The molecule has 0 heterocycles. The summed E-state index contributed by atoms with van der Waals surface area (Å²) < 4.78 is 29.1. The molecule has 2 rings (SSSR count). The van der Waals surface area contributed by atoms with Crippen LogP contribution < -0.4 is 9.92 Å². The number of hydrogen-bond acceptors (Lipinski definition) is 6. The Hall–Kier alpha value is -2.74. The van der Waals surface area contributed by atoms with Crippen molar-refractivity contribution in [1.29, 1.82) is 0 Å². The van der Waals surface area contributed by atoms with Gasteiger partial charge in [-0.1, -0.05) is 17.7 Å². The maximum Gasteiger partial charge on any atom is 0.339 e. The van der Waals surface area contributed by atoms with Crippen molar-refractivity contribution in [3.63, 3.8) is 0 Å². The maximum atomic E-state index is 12.1. The molecule has 0 aliphatic rings. The van der Waals surface area contributed by atoms with E-state index in [0.29, 0.717) is 0 Å². The first-order valence-electron chi connectivity index (χ1n) is 6.07. The third kappa shape index (κ3) is 3.12. The number of nitrogens with two attached hydrogens (primary N) is 1. The number of nitrogen functional groups attached to an aromatic ring is 1. The van der Waals surface area contributed by atoms with Crippen LogP contribution in [0.3, 0.4) is 0 Å². The van der Waals surface area contributed by atoms with Crippen molar-refractivity contribution in [3.8, 4) is 11.5 Å². The molecule has 0 radical (unpaired) electrons. The van der Waals surface area contributed by atoms with Crippen LogP contribution in [0.2, 0.25) is 0 Å². The Bertz CT molecular complexity index is 827. The van der Waals surface area contributed by atoms with E-state index in [1.807, 2.05) is 0 Å². The zero-order valence-corrected chi connectivity index (χ0v) is 12.3. The zero-order valence-electron chi connectivity index (χ0n) is 11.5. The van der Waals surface area contributed by atoms with Crippen molar-refractivity contribution in [2.24, 2.45) is 0 Å². The van der Waals surface area contributed by atoms with Gasteiger partial charge in [-0.2, -0.15) is 8.42 Å². The Balaban J connectivity index is 2.45. The molecule has 2 aromatic rings. The van der Waals surface area contributed by atoms with E-state index in [0.717, 1.165) is 17.7 Å². The van der Waals surface area contributed by atoms with Crippen molar-refractivity contribution in [3.05, 3.63) is 47.5 Å². The summed E-state index contributed by atoms with van der Waals surface area (Å²) in [6.07, 6.45) is 0. The lowest BCUT2D eigenvalue weighted by molar-refractivity contribution is 0.0696. The molecule has 0 aliphatic carbocycles. The Kier molecular flexibility index (Phi) is 3.96. The quantitative estimate of drug-likeness (QED) is 0.444. The Labute approximate surface area is 126 Å². The van der Waals surface area contributed by atoms with Crippen LogP contribution in [-0.2, 0) is 10.1 Å². The van der Waals surface area contributed by atoms with Crippen LogP contribution in [0.25, 0.3) is 0 Å². The number of phenolic OH excluding ortho intramolecular Hbond substituents is 1. The van der Waals surface area contributed by atoms with Gasteiger partial charge in [0.1, 0.15) is 4.90 Å². The summed E-state index contributed by atoms with van der Waals surface area (Å²) in [7, 11) is -4.22. The van der Waals surface area contributed by atoms with E-state index in [2.05, 4.69) is 0 Å². The highest BCUT2D eigenvalue weighted by Gasteiger charge is 2.21. The Morgan fingerprint density at radius 3 is 2.32 bits per heavy atom. The summed E-state index contributed by atoms with van der Waals surface area (Å²) in [4.78, 5) is 10.8. The second-order valence-electron chi connectivity index (χ2n) is 4.57. The average Bonchev–Trinajstić information content (AvgIpc) is 2.43. The van der Waals surface area contributed by atoms with E-state index < -0.39 is 27.6 Å². The SMILES string of the molecule is Cc1ccc(S(=O)(=O)Oc2cc(C(=O)O)cc(N)c2O)cc1. The molecule has 0 aliphatic heterocycles. The molecule has 0 spiro atoms. The fraction of sp³-hybridized carbons (Fsp3) is 0.0714. The first-order valence-corrected chi connectivity index (χ1v) is 7.48. The van der Waals surface area contributed by atoms with Crippen molar-refractivity contribution >= 4 is 21.8 Å². The number of aromatic carboxylic acids is 1. The number of aryl methyl sites for hydroxylation is 1. The summed E-state index contributed by atoms with van der Waals surface area (Å²) in [6.45, 7) is 1.79. The molecule has 0 amide bonds. The van der Waals surface area contributed by atoms with Gasteiger partial charge in [0.05, 0.1) is 11.3 Å². The first-order chi connectivity index (χ1) is 10.2. The van der Waals surface area contributed by atoms with Crippen LogP contribution >= 0.6 is 0 Å². The number of benzene rings is 2. The van der Waals surface area contributed by atoms with E-state index in [4.69, 9.17) is 15.0 Å². The molecule has 0 saturated carbocycles.